The number of nitrogens with zero attached hydrogens (tertiary/aromatic N) is 1. The zero-order valence-corrected chi connectivity index (χ0v) is 18.4. The smallest absolute Gasteiger partial charge is 0.262 e. The molecule has 0 aliphatic carbocycles. The number of rotatable bonds is 5. The summed E-state index contributed by atoms with van der Waals surface area (Å²) < 4.78 is 0. The molecule has 1 atom stereocenters. The van der Waals surface area contributed by atoms with Crippen molar-refractivity contribution >= 4 is 40.4 Å². The topological polar surface area (TPSA) is 128 Å². The van der Waals surface area contributed by atoms with Gasteiger partial charge in [-0.1, -0.05) is 18.2 Å². The van der Waals surface area contributed by atoms with Gasteiger partial charge in [-0.2, -0.15) is 0 Å². The summed E-state index contributed by atoms with van der Waals surface area (Å²) in [6.45, 7) is 2.43. The lowest BCUT2D eigenvalue weighted by molar-refractivity contribution is -0.136. The first-order chi connectivity index (χ1) is 16.3. The van der Waals surface area contributed by atoms with Crippen molar-refractivity contribution in [2.24, 2.45) is 0 Å². The number of hydrogen-bond acceptors (Lipinski definition) is 5. The summed E-state index contributed by atoms with van der Waals surface area (Å²) >= 11 is 0. The molecule has 5 rings (SSSR count). The highest BCUT2D eigenvalue weighted by Gasteiger charge is 2.44. The number of aryl methyl sites for hydroxylation is 1. The molecule has 0 spiro atoms. The number of piperidine rings is 1. The summed E-state index contributed by atoms with van der Waals surface area (Å²) in [7, 11) is 0. The van der Waals surface area contributed by atoms with Crippen LogP contribution in [0.1, 0.15) is 55.0 Å². The number of H-pyrrole nitrogens is 1. The Morgan fingerprint density at radius 2 is 1.88 bits per heavy atom. The number of carbonyl (C=O) groups excluding carboxylic acids is 5. The van der Waals surface area contributed by atoms with Gasteiger partial charge in [0.15, 0.2) is 0 Å². The quantitative estimate of drug-likeness (QED) is 0.503. The van der Waals surface area contributed by atoms with Gasteiger partial charge in [-0.05, 0) is 49.1 Å². The molecular formula is C25H22N4O5. The van der Waals surface area contributed by atoms with Crippen LogP contribution >= 0.6 is 0 Å². The van der Waals surface area contributed by atoms with Gasteiger partial charge in [-0.25, -0.2) is 0 Å². The Kier molecular flexibility index (Phi) is 5.24. The van der Waals surface area contributed by atoms with Crippen molar-refractivity contribution in [3.8, 4) is 0 Å². The Labute approximate surface area is 194 Å². The van der Waals surface area contributed by atoms with Crippen LogP contribution in [0.3, 0.4) is 0 Å². The fraction of sp³-hybridized carbons (Fsp3) is 0.240. The second-order valence-corrected chi connectivity index (χ2v) is 8.52. The minimum Gasteiger partial charge on any atom is -0.361 e. The number of hydrogen-bond donors (Lipinski definition) is 3. The maximum Gasteiger partial charge on any atom is 0.262 e. The molecule has 2 aliphatic rings. The molecule has 34 heavy (non-hydrogen) atoms. The van der Waals surface area contributed by atoms with Crippen molar-refractivity contribution in [1.82, 2.24) is 20.5 Å². The number of imide groups is 2. The van der Waals surface area contributed by atoms with E-state index in [0.717, 1.165) is 26.9 Å². The second kappa shape index (κ2) is 8.26. The summed E-state index contributed by atoms with van der Waals surface area (Å²) in [6.07, 6.45) is 2.69. The van der Waals surface area contributed by atoms with Gasteiger partial charge in [0, 0.05) is 35.6 Å². The molecule has 2 aliphatic heterocycles. The lowest BCUT2D eigenvalue weighted by atomic mass is 10.0. The number of nitrogens with one attached hydrogen (secondary N) is 3. The molecule has 9 nitrogen and oxygen atoms in total. The van der Waals surface area contributed by atoms with Gasteiger partial charge in [-0.3, -0.25) is 34.2 Å². The van der Waals surface area contributed by atoms with Crippen molar-refractivity contribution in [3.63, 3.8) is 0 Å². The second-order valence-electron chi connectivity index (χ2n) is 8.52. The van der Waals surface area contributed by atoms with Crippen LogP contribution in [0.15, 0.2) is 42.6 Å². The van der Waals surface area contributed by atoms with Crippen LogP contribution in [-0.2, 0) is 16.0 Å². The number of para-hydroxylation sites is 1. The minimum atomic E-state index is -1.04. The summed E-state index contributed by atoms with van der Waals surface area (Å²) in [4.78, 5) is 66.2. The van der Waals surface area contributed by atoms with Gasteiger partial charge < -0.3 is 10.3 Å². The molecule has 9 heteroatoms. The monoisotopic (exact) mass is 458 g/mol. The van der Waals surface area contributed by atoms with Crippen molar-refractivity contribution in [1.29, 1.82) is 0 Å². The fourth-order valence-corrected chi connectivity index (χ4v) is 4.60. The van der Waals surface area contributed by atoms with E-state index >= 15 is 0 Å². The molecule has 1 saturated heterocycles. The molecule has 1 fully saturated rings. The fourth-order valence-electron chi connectivity index (χ4n) is 4.60. The minimum absolute atomic E-state index is 0.0491. The van der Waals surface area contributed by atoms with Gasteiger partial charge in [0.25, 0.3) is 17.7 Å². The maximum absolute atomic E-state index is 12.9. The summed E-state index contributed by atoms with van der Waals surface area (Å²) in [6, 6.07) is 9.32. The Morgan fingerprint density at radius 1 is 1.09 bits per heavy atom. The SMILES string of the molecule is Cc1cccc2c(CCNC(=O)c3ccc4c(c3)C(=O)N(C3CCC(=O)NC3=O)C4=O)c[nH]c12. The van der Waals surface area contributed by atoms with Crippen molar-refractivity contribution in [2.45, 2.75) is 32.2 Å². The average molecular weight is 458 g/mol. The van der Waals surface area contributed by atoms with Gasteiger partial charge in [0.2, 0.25) is 11.8 Å². The molecule has 1 aromatic heterocycles. The molecule has 3 N–H and O–H groups in total. The summed E-state index contributed by atoms with van der Waals surface area (Å²) in [5, 5.41) is 6.13. The Morgan fingerprint density at radius 3 is 2.68 bits per heavy atom. The third-order valence-electron chi connectivity index (χ3n) is 6.39. The maximum atomic E-state index is 12.9. The van der Waals surface area contributed by atoms with E-state index in [2.05, 4.69) is 15.6 Å². The van der Waals surface area contributed by atoms with Crippen LogP contribution in [0.2, 0.25) is 0 Å². The molecule has 0 bridgehead atoms. The Balaban J connectivity index is 1.28. The van der Waals surface area contributed by atoms with E-state index in [1.807, 2.05) is 31.3 Å². The number of aromatic nitrogens is 1. The van der Waals surface area contributed by atoms with Gasteiger partial charge in [-0.15, -0.1) is 0 Å². The van der Waals surface area contributed by atoms with E-state index < -0.39 is 29.7 Å². The summed E-state index contributed by atoms with van der Waals surface area (Å²) in [5.41, 5.74) is 3.78. The number of benzene rings is 2. The van der Waals surface area contributed by atoms with E-state index in [-0.39, 0.29) is 35.4 Å². The predicted octanol–water partition coefficient (Wildman–Crippen LogP) is 1.85. The third kappa shape index (κ3) is 3.55. The molecule has 3 heterocycles. The van der Waals surface area contributed by atoms with E-state index in [9.17, 15) is 24.0 Å². The lowest BCUT2D eigenvalue weighted by Gasteiger charge is -2.27. The molecular weight excluding hydrogens is 436 g/mol. The van der Waals surface area contributed by atoms with E-state index in [1.54, 1.807) is 0 Å². The largest absolute Gasteiger partial charge is 0.361 e. The Bertz CT molecular complexity index is 1390. The normalized spacial score (nSPS) is 17.8. The Hall–Kier alpha value is -4.27. The van der Waals surface area contributed by atoms with Crippen molar-refractivity contribution in [2.75, 3.05) is 6.54 Å². The van der Waals surface area contributed by atoms with Crippen molar-refractivity contribution in [3.05, 3.63) is 70.4 Å². The zero-order chi connectivity index (χ0) is 24.0. The van der Waals surface area contributed by atoms with Crippen LogP contribution in [0, 0.1) is 6.92 Å². The van der Waals surface area contributed by atoms with E-state index in [4.69, 9.17) is 0 Å². The van der Waals surface area contributed by atoms with Gasteiger partial charge in [0.1, 0.15) is 6.04 Å². The van der Waals surface area contributed by atoms with Crippen LogP contribution in [-0.4, -0.2) is 52.0 Å². The van der Waals surface area contributed by atoms with Gasteiger partial charge in [0.05, 0.1) is 11.1 Å². The summed E-state index contributed by atoms with van der Waals surface area (Å²) in [5.74, 6) is -2.70. The van der Waals surface area contributed by atoms with Crippen LogP contribution < -0.4 is 10.6 Å². The first-order valence-electron chi connectivity index (χ1n) is 11.0. The highest BCUT2D eigenvalue weighted by Crippen LogP contribution is 2.28. The average Bonchev–Trinajstić information content (AvgIpc) is 3.34. The molecule has 3 aromatic rings. The molecule has 2 aromatic carbocycles. The lowest BCUT2D eigenvalue weighted by Crippen LogP contribution is -2.54. The predicted molar refractivity (Wildman–Crippen MR) is 122 cm³/mol. The molecule has 172 valence electrons. The molecule has 0 radical (unpaired) electrons. The van der Waals surface area contributed by atoms with Crippen LogP contribution in [0.5, 0.6) is 0 Å². The van der Waals surface area contributed by atoms with Gasteiger partial charge >= 0.3 is 0 Å². The number of aromatic amines is 1. The first-order valence-corrected chi connectivity index (χ1v) is 11.0. The van der Waals surface area contributed by atoms with Crippen LogP contribution in [0.25, 0.3) is 10.9 Å². The number of fused-ring (bicyclic) bond motifs is 2. The van der Waals surface area contributed by atoms with E-state index in [0.29, 0.717) is 13.0 Å². The molecule has 0 saturated carbocycles. The highest BCUT2D eigenvalue weighted by atomic mass is 16.2. The zero-order valence-electron chi connectivity index (χ0n) is 18.4. The highest BCUT2D eigenvalue weighted by molar-refractivity contribution is 6.24. The molecule has 1 unspecified atom stereocenters. The molecule has 5 amide bonds. The van der Waals surface area contributed by atoms with E-state index in [1.165, 1.54) is 18.2 Å². The third-order valence-corrected chi connectivity index (χ3v) is 6.39. The standard InChI is InChI=1S/C25H22N4O5/c1-13-3-2-4-16-15(12-27-21(13)16)9-10-26-22(31)14-5-6-17-18(11-14)25(34)29(24(17)33)19-7-8-20(30)28-23(19)32/h2-6,11-12,19,27H,7-10H2,1H3,(H,26,31)(H,28,30,32). The van der Waals surface area contributed by atoms with Crippen molar-refractivity contribution < 1.29 is 24.0 Å². The first kappa shape index (κ1) is 21.6. The number of amides is 5. The van der Waals surface area contributed by atoms with Crippen LogP contribution in [0.4, 0.5) is 0 Å². The number of carbonyl (C=O) groups is 5.